The van der Waals surface area contributed by atoms with Crippen LogP contribution in [0.25, 0.3) is 10.8 Å². The van der Waals surface area contributed by atoms with Crippen molar-refractivity contribution in [3.05, 3.63) is 90.1 Å². The predicted octanol–water partition coefficient (Wildman–Crippen LogP) is 4.66. The average Bonchev–Trinajstić information content (AvgIpc) is 2.78. The molecule has 0 amide bonds. The minimum atomic E-state index is 0.460. The predicted molar refractivity (Wildman–Crippen MR) is 115 cm³/mol. The van der Waals surface area contributed by atoms with Gasteiger partial charge in [-0.15, -0.1) is 5.10 Å². The molecule has 0 aliphatic heterocycles. The summed E-state index contributed by atoms with van der Waals surface area (Å²) < 4.78 is 11.4. The standard InChI is InChI=1S/C23H20N4O2/c1-28-21-12-11-18(13-22(21)29-16-17-7-3-2-4-8-17)14-24-26-23-20-10-6-5-9-19(20)15-25-27-23/h2-15H,16H2,1H3,(H,26,27)/b24-14-. The summed E-state index contributed by atoms with van der Waals surface area (Å²) in [5, 5.41) is 14.4. The van der Waals surface area contributed by atoms with Gasteiger partial charge >= 0.3 is 0 Å². The van der Waals surface area contributed by atoms with Crippen molar-refractivity contribution >= 4 is 22.8 Å². The van der Waals surface area contributed by atoms with Gasteiger partial charge in [0.15, 0.2) is 17.3 Å². The summed E-state index contributed by atoms with van der Waals surface area (Å²) in [4.78, 5) is 0. The van der Waals surface area contributed by atoms with Crippen molar-refractivity contribution in [2.24, 2.45) is 5.10 Å². The van der Waals surface area contributed by atoms with Crippen molar-refractivity contribution in [1.29, 1.82) is 0 Å². The number of hydrazone groups is 1. The number of rotatable bonds is 7. The number of hydrogen-bond acceptors (Lipinski definition) is 6. The van der Waals surface area contributed by atoms with Crippen molar-refractivity contribution in [2.75, 3.05) is 12.5 Å². The molecule has 3 aromatic carbocycles. The van der Waals surface area contributed by atoms with Crippen LogP contribution in [0.1, 0.15) is 11.1 Å². The molecule has 1 heterocycles. The summed E-state index contributed by atoms with van der Waals surface area (Å²) in [5.74, 6) is 1.93. The second kappa shape index (κ2) is 8.84. The SMILES string of the molecule is COc1ccc(/C=N\Nc2nncc3ccccc23)cc1OCc1ccccc1. The van der Waals surface area contributed by atoms with E-state index in [4.69, 9.17) is 9.47 Å². The molecule has 0 fully saturated rings. The molecular weight excluding hydrogens is 364 g/mol. The summed E-state index contributed by atoms with van der Waals surface area (Å²) in [7, 11) is 1.62. The van der Waals surface area contributed by atoms with Crippen LogP contribution < -0.4 is 14.9 Å². The topological polar surface area (TPSA) is 68.6 Å². The molecule has 1 aromatic heterocycles. The Balaban J connectivity index is 1.49. The van der Waals surface area contributed by atoms with Gasteiger partial charge in [-0.25, -0.2) is 0 Å². The van der Waals surface area contributed by atoms with Crippen molar-refractivity contribution in [2.45, 2.75) is 6.61 Å². The smallest absolute Gasteiger partial charge is 0.176 e. The summed E-state index contributed by atoms with van der Waals surface area (Å²) in [5.41, 5.74) is 4.92. The molecular formula is C23H20N4O2. The summed E-state index contributed by atoms with van der Waals surface area (Å²) in [6, 6.07) is 23.5. The maximum atomic E-state index is 5.95. The molecule has 29 heavy (non-hydrogen) atoms. The van der Waals surface area contributed by atoms with Crippen LogP contribution in [0, 0.1) is 0 Å². The van der Waals surface area contributed by atoms with Crippen molar-refractivity contribution < 1.29 is 9.47 Å². The van der Waals surface area contributed by atoms with Gasteiger partial charge in [0, 0.05) is 10.8 Å². The van der Waals surface area contributed by atoms with E-state index in [0.29, 0.717) is 23.9 Å². The zero-order valence-corrected chi connectivity index (χ0v) is 15.9. The fraction of sp³-hybridized carbons (Fsp3) is 0.0870. The Morgan fingerprint density at radius 3 is 2.66 bits per heavy atom. The number of anilines is 1. The van der Waals surface area contributed by atoms with Crippen molar-refractivity contribution in [3.8, 4) is 11.5 Å². The van der Waals surface area contributed by atoms with Crippen molar-refractivity contribution in [1.82, 2.24) is 10.2 Å². The molecule has 0 saturated heterocycles. The third kappa shape index (κ3) is 4.50. The Labute approximate surface area is 168 Å². The van der Waals surface area contributed by atoms with Gasteiger partial charge in [-0.3, -0.25) is 5.43 Å². The maximum absolute atomic E-state index is 5.95. The van der Waals surface area contributed by atoms with E-state index in [1.807, 2.05) is 72.8 Å². The summed E-state index contributed by atoms with van der Waals surface area (Å²) in [6.45, 7) is 0.460. The van der Waals surface area contributed by atoms with Gasteiger partial charge < -0.3 is 9.47 Å². The van der Waals surface area contributed by atoms with E-state index < -0.39 is 0 Å². The van der Waals surface area contributed by atoms with Gasteiger partial charge in [0.25, 0.3) is 0 Å². The lowest BCUT2D eigenvalue weighted by Crippen LogP contribution is -1.99. The van der Waals surface area contributed by atoms with Gasteiger partial charge in [0.2, 0.25) is 0 Å². The summed E-state index contributed by atoms with van der Waals surface area (Å²) >= 11 is 0. The average molecular weight is 384 g/mol. The quantitative estimate of drug-likeness (QED) is 0.371. The van der Waals surface area contributed by atoms with Gasteiger partial charge in [0.05, 0.1) is 19.5 Å². The van der Waals surface area contributed by atoms with Gasteiger partial charge in [0.1, 0.15) is 6.61 Å². The molecule has 0 radical (unpaired) electrons. The number of hydrogen-bond donors (Lipinski definition) is 1. The number of fused-ring (bicyclic) bond motifs is 1. The molecule has 0 spiro atoms. The van der Waals surface area contributed by atoms with Crippen molar-refractivity contribution in [3.63, 3.8) is 0 Å². The second-order valence-electron chi connectivity index (χ2n) is 6.33. The van der Waals surface area contributed by atoms with E-state index in [2.05, 4.69) is 20.7 Å². The first-order valence-corrected chi connectivity index (χ1v) is 9.18. The Kier molecular flexibility index (Phi) is 5.62. The zero-order chi connectivity index (χ0) is 19.9. The number of ether oxygens (including phenoxy) is 2. The largest absolute Gasteiger partial charge is 0.493 e. The lowest BCUT2D eigenvalue weighted by atomic mass is 10.2. The highest BCUT2D eigenvalue weighted by Gasteiger charge is 2.06. The Hall–Kier alpha value is -3.93. The highest BCUT2D eigenvalue weighted by molar-refractivity contribution is 5.91. The van der Waals surface area contributed by atoms with Gasteiger partial charge in [-0.2, -0.15) is 10.2 Å². The van der Waals surface area contributed by atoms with E-state index in [9.17, 15) is 0 Å². The van der Waals surface area contributed by atoms with Crippen LogP contribution in [0.15, 0.2) is 84.1 Å². The molecule has 1 N–H and O–H groups in total. The first kappa shape index (κ1) is 18.4. The van der Waals surface area contributed by atoms with Crippen LogP contribution in [-0.4, -0.2) is 23.5 Å². The molecule has 0 atom stereocenters. The van der Waals surface area contributed by atoms with Crippen LogP contribution in [0.2, 0.25) is 0 Å². The molecule has 4 rings (SSSR count). The number of methoxy groups -OCH3 is 1. The molecule has 4 aromatic rings. The van der Waals surface area contributed by atoms with Crippen LogP contribution in [0.4, 0.5) is 5.82 Å². The maximum Gasteiger partial charge on any atom is 0.176 e. The van der Waals surface area contributed by atoms with Crippen LogP contribution in [0.5, 0.6) is 11.5 Å². The first-order chi connectivity index (χ1) is 14.3. The molecule has 6 heteroatoms. The second-order valence-corrected chi connectivity index (χ2v) is 6.33. The minimum Gasteiger partial charge on any atom is -0.493 e. The highest BCUT2D eigenvalue weighted by atomic mass is 16.5. The van der Waals surface area contributed by atoms with Gasteiger partial charge in [-0.05, 0) is 29.3 Å². The van der Waals surface area contributed by atoms with E-state index in [0.717, 1.165) is 21.9 Å². The van der Waals surface area contributed by atoms with Gasteiger partial charge in [-0.1, -0.05) is 54.6 Å². The number of nitrogens with one attached hydrogen (secondary N) is 1. The third-order valence-corrected chi connectivity index (χ3v) is 4.38. The zero-order valence-electron chi connectivity index (χ0n) is 15.9. The normalized spacial score (nSPS) is 10.9. The molecule has 0 bridgehead atoms. The minimum absolute atomic E-state index is 0.460. The lowest BCUT2D eigenvalue weighted by molar-refractivity contribution is 0.284. The molecule has 0 saturated carbocycles. The summed E-state index contributed by atoms with van der Waals surface area (Å²) in [6.07, 6.45) is 3.43. The third-order valence-electron chi connectivity index (χ3n) is 4.38. The van der Waals surface area contributed by atoms with Crippen LogP contribution >= 0.6 is 0 Å². The van der Waals surface area contributed by atoms with Crippen LogP contribution in [0.3, 0.4) is 0 Å². The van der Waals surface area contributed by atoms with E-state index >= 15 is 0 Å². The number of aromatic nitrogens is 2. The monoisotopic (exact) mass is 384 g/mol. The fourth-order valence-corrected chi connectivity index (χ4v) is 2.90. The number of benzene rings is 3. The fourth-order valence-electron chi connectivity index (χ4n) is 2.90. The number of nitrogens with zero attached hydrogens (tertiary/aromatic N) is 3. The van der Waals surface area contributed by atoms with E-state index in [-0.39, 0.29) is 0 Å². The Morgan fingerprint density at radius 2 is 1.79 bits per heavy atom. The first-order valence-electron chi connectivity index (χ1n) is 9.18. The Bertz CT molecular complexity index is 1120. The van der Waals surface area contributed by atoms with Crippen LogP contribution in [-0.2, 0) is 6.61 Å². The Morgan fingerprint density at radius 1 is 0.966 bits per heavy atom. The molecule has 0 unspecified atom stereocenters. The molecule has 0 aliphatic carbocycles. The highest BCUT2D eigenvalue weighted by Crippen LogP contribution is 2.28. The van der Waals surface area contributed by atoms with E-state index in [1.165, 1.54) is 0 Å². The van der Waals surface area contributed by atoms with E-state index in [1.54, 1.807) is 19.5 Å². The molecule has 144 valence electrons. The lowest BCUT2D eigenvalue weighted by Gasteiger charge is -2.11. The molecule has 6 nitrogen and oxygen atoms in total. The molecule has 0 aliphatic rings.